The first-order chi connectivity index (χ1) is 16.6. The lowest BCUT2D eigenvalue weighted by molar-refractivity contribution is 0.0106. The molecule has 0 saturated carbocycles. The number of rotatable bonds is 25. The Morgan fingerprint density at radius 2 is 1.50 bits per heavy atom. The highest BCUT2D eigenvalue weighted by atomic mass is 32.2. The van der Waals surface area contributed by atoms with E-state index in [1.807, 2.05) is 5.38 Å². The van der Waals surface area contributed by atoms with Crippen LogP contribution in [0.5, 0.6) is 0 Å². The number of ether oxygens (including phenoxy) is 2. The standard InChI is InChI=1S/C26H50N2O4S2/c1-3-4-5-6-7-8-9-10-11-12-13-14-15-16-20-32-24-25(31-2)23-28-34(29,30)22-17-18-26-27-19-21-33-26/h19,21,25,28H,3-18,20,22-24H2,1-2H3. The van der Waals surface area contributed by atoms with Crippen molar-refractivity contribution >= 4 is 21.4 Å². The van der Waals surface area contributed by atoms with Crippen LogP contribution in [0.25, 0.3) is 0 Å². The SMILES string of the molecule is CCCCCCCCCCCCCCCCOCC(CNS(=O)(=O)CCCc1nccs1)OC. The van der Waals surface area contributed by atoms with Crippen molar-refractivity contribution in [3.05, 3.63) is 16.6 Å². The number of aryl methyl sites for hydroxylation is 1. The van der Waals surface area contributed by atoms with Crippen LogP contribution in [0.3, 0.4) is 0 Å². The van der Waals surface area contributed by atoms with Gasteiger partial charge in [0.2, 0.25) is 10.0 Å². The van der Waals surface area contributed by atoms with Crippen LogP contribution in [0.15, 0.2) is 11.6 Å². The lowest BCUT2D eigenvalue weighted by Gasteiger charge is -2.16. The van der Waals surface area contributed by atoms with Crippen molar-refractivity contribution in [1.29, 1.82) is 0 Å². The van der Waals surface area contributed by atoms with Crippen molar-refractivity contribution in [3.8, 4) is 0 Å². The molecule has 34 heavy (non-hydrogen) atoms. The third-order valence-electron chi connectivity index (χ3n) is 6.10. The van der Waals surface area contributed by atoms with Gasteiger partial charge in [0.15, 0.2) is 0 Å². The summed E-state index contributed by atoms with van der Waals surface area (Å²) >= 11 is 1.56. The van der Waals surface area contributed by atoms with Gasteiger partial charge in [-0.25, -0.2) is 18.1 Å². The maximum atomic E-state index is 12.2. The van der Waals surface area contributed by atoms with Gasteiger partial charge in [0.05, 0.1) is 23.5 Å². The van der Waals surface area contributed by atoms with Gasteiger partial charge in [-0.15, -0.1) is 11.3 Å². The van der Waals surface area contributed by atoms with Gasteiger partial charge in [-0.3, -0.25) is 0 Å². The Balaban J connectivity index is 1.90. The zero-order valence-electron chi connectivity index (χ0n) is 21.8. The smallest absolute Gasteiger partial charge is 0.211 e. The van der Waals surface area contributed by atoms with Gasteiger partial charge < -0.3 is 9.47 Å². The van der Waals surface area contributed by atoms with Crippen molar-refractivity contribution in [2.75, 3.05) is 32.6 Å². The fourth-order valence-corrected chi connectivity index (χ4v) is 5.68. The highest BCUT2D eigenvalue weighted by molar-refractivity contribution is 7.89. The van der Waals surface area contributed by atoms with E-state index in [9.17, 15) is 8.42 Å². The monoisotopic (exact) mass is 518 g/mol. The van der Waals surface area contributed by atoms with Crippen molar-refractivity contribution in [2.24, 2.45) is 0 Å². The van der Waals surface area contributed by atoms with Crippen LogP contribution in [-0.4, -0.2) is 52.1 Å². The molecular weight excluding hydrogens is 468 g/mol. The molecule has 1 rings (SSSR count). The summed E-state index contributed by atoms with van der Waals surface area (Å²) in [5.74, 6) is 0.100. The molecule has 0 aliphatic rings. The molecule has 1 aromatic rings. The highest BCUT2D eigenvalue weighted by Crippen LogP contribution is 2.13. The van der Waals surface area contributed by atoms with E-state index in [4.69, 9.17) is 9.47 Å². The minimum Gasteiger partial charge on any atom is -0.379 e. The van der Waals surface area contributed by atoms with Crippen molar-refractivity contribution in [2.45, 2.75) is 116 Å². The minimum absolute atomic E-state index is 0.100. The van der Waals surface area contributed by atoms with Crippen molar-refractivity contribution < 1.29 is 17.9 Å². The lowest BCUT2D eigenvalue weighted by atomic mass is 10.0. The fraction of sp³-hybridized carbons (Fsp3) is 0.885. The molecule has 8 heteroatoms. The molecule has 0 fully saturated rings. The fourth-order valence-electron chi connectivity index (χ4n) is 3.91. The third-order valence-corrected chi connectivity index (χ3v) is 8.37. The first kappa shape index (κ1) is 31.5. The van der Waals surface area contributed by atoms with Crippen LogP contribution in [0, 0.1) is 0 Å². The van der Waals surface area contributed by atoms with Crippen LogP contribution in [0.2, 0.25) is 0 Å². The van der Waals surface area contributed by atoms with E-state index in [0.29, 0.717) is 26.1 Å². The number of thiazole rings is 1. The van der Waals surface area contributed by atoms with Gasteiger partial charge in [0, 0.05) is 38.3 Å². The summed E-state index contributed by atoms with van der Waals surface area (Å²) in [6.07, 6.45) is 21.5. The number of hydrogen-bond acceptors (Lipinski definition) is 6. The Hall–Kier alpha value is -0.540. The molecule has 0 aromatic carbocycles. The van der Waals surface area contributed by atoms with E-state index in [2.05, 4.69) is 16.6 Å². The van der Waals surface area contributed by atoms with Gasteiger partial charge >= 0.3 is 0 Å². The zero-order valence-corrected chi connectivity index (χ0v) is 23.4. The highest BCUT2D eigenvalue weighted by Gasteiger charge is 2.15. The number of hydrogen-bond donors (Lipinski definition) is 1. The number of nitrogens with one attached hydrogen (secondary N) is 1. The van der Waals surface area contributed by atoms with Gasteiger partial charge in [-0.2, -0.15) is 0 Å². The van der Waals surface area contributed by atoms with Gasteiger partial charge in [-0.05, 0) is 12.8 Å². The summed E-state index contributed by atoms with van der Waals surface area (Å²) in [4.78, 5) is 4.18. The van der Waals surface area contributed by atoms with Gasteiger partial charge in [0.25, 0.3) is 0 Å². The van der Waals surface area contributed by atoms with Crippen molar-refractivity contribution in [1.82, 2.24) is 9.71 Å². The molecule has 0 radical (unpaired) electrons. The first-order valence-electron chi connectivity index (χ1n) is 13.5. The summed E-state index contributed by atoms with van der Waals surface area (Å²) in [6, 6.07) is 0. The molecule has 1 aromatic heterocycles. The molecule has 6 nitrogen and oxygen atoms in total. The second-order valence-corrected chi connectivity index (χ2v) is 12.1. The number of unbranched alkanes of at least 4 members (excludes halogenated alkanes) is 13. The molecule has 0 aliphatic heterocycles. The molecule has 0 aliphatic carbocycles. The normalized spacial score (nSPS) is 12.9. The average molecular weight is 519 g/mol. The van der Waals surface area contributed by atoms with E-state index >= 15 is 0 Å². The molecule has 1 heterocycles. The zero-order chi connectivity index (χ0) is 24.7. The summed E-state index contributed by atoms with van der Waals surface area (Å²) in [6.45, 7) is 3.64. The predicted molar refractivity (Wildman–Crippen MR) is 144 cm³/mol. The molecule has 200 valence electrons. The predicted octanol–water partition coefficient (Wildman–Crippen LogP) is 6.51. The van der Waals surface area contributed by atoms with E-state index in [-0.39, 0.29) is 18.4 Å². The molecule has 0 amide bonds. The van der Waals surface area contributed by atoms with Crippen LogP contribution in [0.4, 0.5) is 0 Å². The quantitative estimate of drug-likeness (QED) is 0.149. The first-order valence-corrected chi connectivity index (χ1v) is 16.1. The second kappa shape index (κ2) is 21.7. The van der Waals surface area contributed by atoms with Gasteiger partial charge in [-0.1, -0.05) is 90.4 Å². The van der Waals surface area contributed by atoms with Crippen LogP contribution in [0.1, 0.15) is 108 Å². The Labute approximate surface area is 213 Å². The molecule has 1 atom stereocenters. The molecule has 0 spiro atoms. The maximum absolute atomic E-state index is 12.2. The van der Waals surface area contributed by atoms with E-state index in [0.717, 1.165) is 11.4 Å². The number of sulfonamides is 1. The molecule has 1 unspecified atom stereocenters. The van der Waals surface area contributed by atoms with E-state index < -0.39 is 10.0 Å². The summed E-state index contributed by atoms with van der Waals surface area (Å²) in [7, 11) is -1.72. The summed E-state index contributed by atoms with van der Waals surface area (Å²) < 4.78 is 38.1. The molecule has 0 bridgehead atoms. The Bertz CT molecular complexity index is 654. The summed E-state index contributed by atoms with van der Waals surface area (Å²) in [5, 5.41) is 2.88. The Kier molecular flexibility index (Phi) is 20.1. The minimum atomic E-state index is -3.31. The summed E-state index contributed by atoms with van der Waals surface area (Å²) in [5.41, 5.74) is 0. The van der Waals surface area contributed by atoms with Crippen LogP contribution in [-0.2, 0) is 25.9 Å². The topological polar surface area (TPSA) is 77.5 Å². The van der Waals surface area contributed by atoms with Crippen LogP contribution < -0.4 is 4.72 Å². The molecule has 1 N–H and O–H groups in total. The third kappa shape index (κ3) is 18.7. The van der Waals surface area contributed by atoms with Crippen LogP contribution >= 0.6 is 11.3 Å². The largest absolute Gasteiger partial charge is 0.379 e. The van der Waals surface area contributed by atoms with E-state index in [1.54, 1.807) is 24.6 Å². The number of aromatic nitrogens is 1. The Morgan fingerprint density at radius 3 is 2.03 bits per heavy atom. The average Bonchev–Trinajstić information content (AvgIpc) is 3.34. The Morgan fingerprint density at radius 1 is 0.912 bits per heavy atom. The number of nitrogens with zero attached hydrogens (tertiary/aromatic N) is 1. The second-order valence-electron chi connectivity index (χ2n) is 9.23. The van der Waals surface area contributed by atoms with Crippen molar-refractivity contribution in [3.63, 3.8) is 0 Å². The molecule has 0 saturated heterocycles. The number of methoxy groups -OCH3 is 1. The maximum Gasteiger partial charge on any atom is 0.211 e. The van der Waals surface area contributed by atoms with Gasteiger partial charge in [0.1, 0.15) is 0 Å². The van der Waals surface area contributed by atoms with E-state index in [1.165, 1.54) is 83.5 Å². The lowest BCUT2D eigenvalue weighted by Crippen LogP contribution is -2.37. The molecular formula is C26H50N2O4S2.